The van der Waals surface area contributed by atoms with Gasteiger partial charge in [-0.05, 0) is 30.2 Å². The average Bonchev–Trinajstić information content (AvgIpc) is 2.93. The van der Waals surface area contributed by atoms with Crippen LogP contribution in [-0.4, -0.2) is 42.0 Å². The lowest BCUT2D eigenvalue weighted by Crippen LogP contribution is -2.26. The molecule has 0 atom stereocenters. The van der Waals surface area contributed by atoms with Gasteiger partial charge in [-0.15, -0.1) is 11.8 Å². The summed E-state index contributed by atoms with van der Waals surface area (Å²) in [5.41, 5.74) is 1.80. The lowest BCUT2D eigenvalue weighted by Gasteiger charge is -2.05. The summed E-state index contributed by atoms with van der Waals surface area (Å²) in [4.78, 5) is 25.6. The van der Waals surface area contributed by atoms with Crippen LogP contribution in [0.2, 0.25) is 0 Å². The van der Waals surface area contributed by atoms with Crippen LogP contribution in [0.25, 0.3) is 10.9 Å². The molecule has 1 aromatic carbocycles. The van der Waals surface area contributed by atoms with Crippen LogP contribution < -0.4 is 5.32 Å². The number of aromatic nitrogens is 1. The van der Waals surface area contributed by atoms with Crippen LogP contribution in [0.1, 0.15) is 12.0 Å². The van der Waals surface area contributed by atoms with Crippen LogP contribution >= 0.6 is 11.8 Å². The Labute approximate surface area is 138 Å². The normalized spacial score (nSPS) is 10.7. The molecule has 7 heteroatoms. The molecule has 0 bridgehead atoms. The Morgan fingerprint density at radius 1 is 1.39 bits per heavy atom. The first-order chi connectivity index (χ1) is 11.1. The van der Waals surface area contributed by atoms with Gasteiger partial charge in [0, 0.05) is 35.8 Å². The van der Waals surface area contributed by atoms with Gasteiger partial charge in [0.1, 0.15) is 5.82 Å². The number of amides is 1. The van der Waals surface area contributed by atoms with Gasteiger partial charge in [0.25, 0.3) is 0 Å². The standard InChI is InChI=1S/C16H19FN2O3S/c1-22-16(21)10-23-7-5-15(20)18-6-4-11-9-19-14-8-12(17)2-3-13(11)14/h2-3,8-9,19H,4-7,10H2,1H3,(H,18,20). The van der Waals surface area contributed by atoms with E-state index in [-0.39, 0.29) is 23.4 Å². The number of methoxy groups -OCH3 is 1. The number of thioether (sulfide) groups is 1. The maximum atomic E-state index is 13.1. The number of fused-ring (bicyclic) bond motifs is 1. The summed E-state index contributed by atoms with van der Waals surface area (Å²) in [5.74, 6) is 0.228. The molecule has 0 aliphatic carbocycles. The van der Waals surface area contributed by atoms with Crippen molar-refractivity contribution in [1.29, 1.82) is 0 Å². The summed E-state index contributed by atoms with van der Waals surface area (Å²) >= 11 is 1.37. The van der Waals surface area contributed by atoms with E-state index in [0.29, 0.717) is 25.1 Å². The molecule has 0 saturated carbocycles. The summed E-state index contributed by atoms with van der Waals surface area (Å²) in [6.07, 6.45) is 2.87. The molecule has 0 aliphatic heterocycles. The van der Waals surface area contributed by atoms with Crippen LogP contribution in [0.15, 0.2) is 24.4 Å². The number of H-pyrrole nitrogens is 1. The first-order valence-electron chi connectivity index (χ1n) is 7.27. The smallest absolute Gasteiger partial charge is 0.315 e. The molecule has 1 aromatic heterocycles. The molecular formula is C16H19FN2O3S. The Morgan fingerprint density at radius 3 is 3.00 bits per heavy atom. The predicted molar refractivity (Wildman–Crippen MR) is 88.9 cm³/mol. The van der Waals surface area contributed by atoms with Crippen molar-refractivity contribution in [3.05, 3.63) is 35.8 Å². The van der Waals surface area contributed by atoms with Gasteiger partial charge in [-0.25, -0.2) is 4.39 Å². The highest BCUT2D eigenvalue weighted by molar-refractivity contribution is 7.99. The minimum atomic E-state index is -0.286. The minimum Gasteiger partial charge on any atom is -0.468 e. The number of carbonyl (C=O) groups excluding carboxylic acids is 2. The number of hydrogen-bond acceptors (Lipinski definition) is 4. The third-order valence-corrected chi connectivity index (χ3v) is 4.30. The molecule has 0 spiro atoms. The van der Waals surface area contributed by atoms with E-state index in [1.165, 1.54) is 31.0 Å². The largest absolute Gasteiger partial charge is 0.468 e. The number of ether oxygens (including phenoxy) is 1. The molecule has 0 fully saturated rings. The first-order valence-corrected chi connectivity index (χ1v) is 8.42. The maximum Gasteiger partial charge on any atom is 0.315 e. The number of halogens is 1. The van der Waals surface area contributed by atoms with E-state index in [9.17, 15) is 14.0 Å². The highest BCUT2D eigenvalue weighted by Gasteiger charge is 2.07. The van der Waals surface area contributed by atoms with Gasteiger partial charge in [0.05, 0.1) is 12.9 Å². The summed E-state index contributed by atoms with van der Waals surface area (Å²) < 4.78 is 17.6. The van der Waals surface area contributed by atoms with Crippen molar-refractivity contribution in [2.24, 2.45) is 0 Å². The van der Waals surface area contributed by atoms with Gasteiger partial charge in [0.15, 0.2) is 0 Å². The SMILES string of the molecule is COC(=O)CSCCC(=O)NCCc1c[nH]c2cc(F)ccc12. The Kier molecular flexibility index (Phi) is 6.46. The zero-order chi connectivity index (χ0) is 16.7. The molecule has 23 heavy (non-hydrogen) atoms. The van der Waals surface area contributed by atoms with Gasteiger partial charge in [-0.2, -0.15) is 0 Å². The van der Waals surface area contributed by atoms with E-state index in [4.69, 9.17) is 0 Å². The lowest BCUT2D eigenvalue weighted by molar-refractivity contribution is -0.137. The average molecular weight is 338 g/mol. The van der Waals surface area contributed by atoms with Crippen LogP contribution in [0.4, 0.5) is 4.39 Å². The molecule has 2 N–H and O–H groups in total. The van der Waals surface area contributed by atoms with Gasteiger partial charge < -0.3 is 15.0 Å². The summed E-state index contributed by atoms with van der Waals surface area (Å²) in [6, 6.07) is 4.62. The van der Waals surface area contributed by atoms with Crippen molar-refractivity contribution in [2.75, 3.05) is 25.2 Å². The van der Waals surface area contributed by atoms with Crippen molar-refractivity contribution in [3.8, 4) is 0 Å². The molecule has 2 aromatic rings. The molecule has 0 saturated heterocycles. The number of aromatic amines is 1. The number of hydrogen-bond donors (Lipinski definition) is 2. The van der Waals surface area contributed by atoms with Crippen molar-refractivity contribution >= 4 is 34.5 Å². The molecule has 124 valence electrons. The molecule has 1 amide bonds. The van der Waals surface area contributed by atoms with Crippen LogP contribution in [0, 0.1) is 5.82 Å². The van der Waals surface area contributed by atoms with Crippen molar-refractivity contribution in [3.63, 3.8) is 0 Å². The summed E-state index contributed by atoms with van der Waals surface area (Å²) in [6.45, 7) is 0.519. The zero-order valence-corrected chi connectivity index (χ0v) is 13.7. The lowest BCUT2D eigenvalue weighted by atomic mass is 10.1. The van der Waals surface area contributed by atoms with Gasteiger partial charge in [-0.3, -0.25) is 9.59 Å². The van der Waals surface area contributed by atoms with Crippen molar-refractivity contribution in [1.82, 2.24) is 10.3 Å². The van der Waals surface area contributed by atoms with Crippen LogP contribution in [0.3, 0.4) is 0 Å². The van der Waals surface area contributed by atoms with Crippen molar-refractivity contribution in [2.45, 2.75) is 12.8 Å². The molecule has 2 rings (SSSR count). The molecule has 1 heterocycles. The molecular weight excluding hydrogens is 319 g/mol. The fourth-order valence-electron chi connectivity index (χ4n) is 2.17. The Hall–Kier alpha value is -2.02. The fraction of sp³-hybridized carbons (Fsp3) is 0.375. The Morgan fingerprint density at radius 2 is 2.22 bits per heavy atom. The van der Waals surface area contributed by atoms with Gasteiger partial charge in [0.2, 0.25) is 5.91 Å². The fourth-order valence-corrected chi connectivity index (χ4v) is 2.93. The second kappa shape index (κ2) is 8.57. The molecule has 0 radical (unpaired) electrons. The first kappa shape index (κ1) is 17.3. The predicted octanol–water partition coefficient (Wildman–Crippen LogP) is 2.26. The van der Waals surface area contributed by atoms with Gasteiger partial charge >= 0.3 is 5.97 Å². The van der Waals surface area contributed by atoms with E-state index < -0.39 is 0 Å². The highest BCUT2D eigenvalue weighted by Crippen LogP contribution is 2.19. The molecule has 0 aliphatic rings. The quantitative estimate of drug-likeness (QED) is 0.572. The van der Waals surface area contributed by atoms with Crippen LogP contribution in [0.5, 0.6) is 0 Å². The number of nitrogens with one attached hydrogen (secondary N) is 2. The number of rotatable bonds is 8. The van der Waals surface area contributed by atoms with E-state index in [2.05, 4.69) is 15.0 Å². The highest BCUT2D eigenvalue weighted by atomic mass is 32.2. The van der Waals surface area contributed by atoms with Crippen molar-refractivity contribution < 1.29 is 18.7 Å². The monoisotopic (exact) mass is 338 g/mol. The van der Waals surface area contributed by atoms with E-state index in [1.54, 1.807) is 6.07 Å². The minimum absolute atomic E-state index is 0.0479. The van der Waals surface area contributed by atoms with Crippen LogP contribution in [-0.2, 0) is 20.7 Å². The molecule has 5 nitrogen and oxygen atoms in total. The zero-order valence-electron chi connectivity index (χ0n) is 12.9. The van der Waals surface area contributed by atoms with Gasteiger partial charge in [-0.1, -0.05) is 0 Å². The third-order valence-electron chi connectivity index (χ3n) is 3.37. The topological polar surface area (TPSA) is 71.2 Å². The second-order valence-corrected chi connectivity index (χ2v) is 6.09. The van der Waals surface area contributed by atoms with E-state index in [1.807, 2.05) is 6.20 Å². The summed E-state index contributed by atoms with van der Waals surface area (Å²) in [5, 5.41) is 3.81. The Bertz CT molecular complexity index is 687. The van der Waals surface area contributed by atoms with E-state index >= 15 is 0 Å². The summed E-state index contributed by atoms with van der Waals surface area (Å²) in [7, 11) is 1.34. The number of esters is 1. The van der Waals surface area contributed by atoms with E-state index in [0.717, 1.165) is 16.5 Å². The number of benzene rings is 1. The Balaban J connectivity index is 1.69. The third kappa shape index (κ3) is 5.28. The molecule has 0 unspecified atom stereocenters. The number of carbonyl (C=O) groups is 2. The second-order valence-electron chi connectivity index (χ2n) is 4.98. The maximum absolute atomic E-state index is 13.1.